The molecule has 2 nitrogen and oxygen atoms in total. The zero-order valence-corrected chi connectivity index (χ0v) is 11.3. The Bertz CT molecular complexity index is 604. The molecule has 3 heteroatoms. The zero-order valence-electron chi connectivity index (χ0n) is 10.6. The summed E-state index contributed by atoms with van der Waals surface area (Å²) < 4.78 is 2.21. The molecule has 0 fully saturated rings. The first kappa shape index (κ1) is 13.6. The van der Waals surface area contributed by atoms with E-state index in [2.05, 4.69) is 35.0 Å². The topological polar surface area (TPSA) is 27.7 Å². The second-order valence-corrected chi connectivity index (χ2v) is 4.77. The van der Waals surface area contributed by atoms with Crippen LogP contribution in [-0.4, -0.2) is 0 Å². The van der Waals surface area contributed by atoms with E-state index in [1.807, 2.05) is 30.3 Å². The number of hydrogen-bond acceptors (Lipinski definition) is 1. The quantitative estimate of drug-likeness (QED) is 0.647. The van der Waals surface area contributed by atoms with Crippen molar-refractivity contribution in [2.75, 3.05) is 0 Å². The lowest BCUT2D eigenvalue weighted by Gasteiger charge is -2.28. The minimum Gasteiger partial charge on any atom is -1.00 e. The van der Waals surface area contributed by atoms with Crippen LogP contribution >= 0.6 is 0 Å². The Morgan fingerprint density at radius 2 is 1.79 bits per heavy atom. The molecule has 0 aliphatic carbocycles. The molecule has 2 aromatic rings. The van der Waals surface area contributed by atoms with Crippen molar-refractivity contribution < 1.29 is 17.0 Å². The van der Waals surface area contributed by atoms with E-state index in [1.165, 1.54) is 0 Å². The van der Waals surface area contributed by atoms with Gasteiger partial charge < -0.3 is 12.4 Å². The summed E-state index contributed by atoms with van der Waals surface area (Å²) in [6, 6.07) is 18.8. The average Bonchev–Trinajstić information content (AvgIpc) is 2.47. The van der Waals surface area contributed by atoms with Gasteiger partial charge in [-0.2, -0.15) is 5.26 Å². The standard InChI is InChI=1S/C16H15N2.ClH/c17-13-16(14-7-2-1-3-8-14)10-6-12-18-11-5-4-9-15(16)18;/h1-5,7-9,11H,6,10,12H2;1H/q+1;/p-1. The molecule has 1 aliphatic rings. The highest BCUT2D eigenvalue weighted by atomic mass is 35.5. The third-order valence-corrected chi connectivity index (χ3v) is 3.79. The van der Waals surface area contributed by atoms with Crippen LogP contribution in [0.25, 0.3) is 0 Å². The maximum Gasteiger partial charge on any atom is 0.206 e. The largest absolute Gasteiger partial charge is 1.00 e. The van der Waals surface area contributed by atoms with Crippen molar-refractivity contribution in [2.45, 2.75) is 24.8 Å². The van der Waals surface area contributed by atoms with Crippen molar-refractivity contribution in [3.63, 3.8) is 0 Å². The molecule has 1 aromatic heterocycles. The van der Waals surface area contributed by atoms with Gasteiger partial charge in [0.25, 0.3) is 0 Å². The predicted octanol–water partition coefficient (Wildman–Crippen LogP) is -0.418. The van der Waals surface area contributed by atoms with Crippen LogP contribution in [0.2, 0.25) is 0 Å². The van der Waals surface area contributed by atoms with E-state index < -0.39 is 5.41 Å². The number of aromatic nitrogens is 1. The van der Waals surface area contributed by atoms with Crippen LogP contribution in [0.4, 0.5) is 0 Å². The molecule has 1 unspecified atom stereocenters. The average molecular weight is 271 g/mol. The molecule has 0 N–H and O–H groups in total. The lowest BCUT2D eigenvalue weighted by atomic mass is 9.73. The molecule has 1 atom stereocenters. The van der Waals surface area contributed by atoms with Gasteiger partial charge in [-0.15, -0.1) is 0 Å². The van der Waals surface area contributed by atoms with Crippen molar-refractivity contribution in [1.82, 2.24) is 0 Å². The van der Waals surface area contributed by atoms with Crippen molar-refractivity contribution in [3.05, 3.63) is 66.0 Å². The first-order valence-corrected chi connectivity index (χ1v) is 6.32. The summed E-state index contributed by atoms with van der Waals surface area (Å²) in [7, 11) is 0. The molecule has 0 bridgehead atoms. The van der Waals surface area contributed by atoms with Crippen LogP contribution in [0.3, 0.4) is 0 Å². The number of benzene rings is 1. The normalized spacial score (nSPS) is 20.8. The molecule has 96 valence electrons. The first-order chi connectivity index (χ1) is 8.87. The van der Waals surface area contributed by atoms with Gasteiger partial charge in [-0.1, -0.05) is 36.4 Å². The zero-order chi connectivity index (χ0) is 12.4. The molecular weight excluding hydrogens is 256 g/mol. The SMILES string of the molecule is N#CC1(c2ccccc2)CCC[n+]2ccccc21.[Cl-]. The number of rotatable bonds is 1. The summed E-state index contributed by atoms with van der Waals surface area (Å²) in [5.41, 5.74) is 1.73. The first-order valence-electron chi connectivity index (χ1n) is 6.32. The summed E-state index contributed by atoms with van der Waals surface area (Å²) in [4.78, 5) is 0. The van der Waals surface area contributed by atoms with Gasteiger partial charge in [0, 0.05) is 18.6 Å². The molecule has 0 saturated heterocycles. The summed E-state index contributed by atoms with van der Waals surface area (Å²) in [6.07, 6.45) is 4.02. The fourth-order valence-corrected chi connectivity index (χ4v) is 2.89. The Morgan fingerprint density at radius 1 is 1.05 bits per heavy atom. The van der Waals surface area contributed by atoms with Gasteiger partial charge in [-0.3, -0.25) is 0 Å². The lowest BCUT2D eigenvalue weighted by Crippen LogP contribution is -3.00. The molecule has 0 spiro atoms. The van der Waals surface area contributed by atoms with Crippen molar-refractivity contribution >= 4 is 0 Å². The Hall–Kier alpha value is -1.85. The Morgan fingerprint density at radius 3 is 2.53 bits per heavy atom. The summed E-state index contributed by atoms with van der Waals surface area (Å²) >= 11 is 0. The minimum absolute atomic E-state index is 0. The molecule has 0 saturated carbocycles. The number of nitriles is 1. The number of halogens is 1. The van der Waals surface area contributed by atoms with Crippen LogP contribution in [0.1, 0.15) is 24.1 Å². The number of nitrogens with zero attached hydrogens (tertiary/aromatic N) is 2. The van der Waals surface area contributed by atoms with E-state index in [4.69, 9.17) is 0 Å². The van der Waals surface area contributed by atoms with Crippen molar-refractivity contribution in [1.29, 1.82) is 5.26 Å². The van der Waals surface area contributed by atoms with E-state index in [0.29, 0.717) is 0 Å². The van der Waals surface area contributed by atoms with Crippen LogP contribution < -0.4 is 17.0 Å². The van der Waals surface area contributed by atoms with Crippen LogP contribution in [0, 0.1) is 11.3 Å². The molecule has 0 amide bonds. The van der Waals surface area contributed by atoms with E-state index in [-0.39, 0.29) is 12.4 Å². The van der Waals surface area contributed by atoms with E-state index in [1.54, 1.807) is 0 Å². The number of fused-ring (bicyclic) bond motifs is 1. The Labute approximate surface area is 119 Å². The second kappa shape index (κ2) is 5.42. The molecule has 19 heavy (non-hydrogen) atoms. The van der Waals surface area contributed by atoms with E-state index in [0.717, 1.165) is 30.6 Å². The van der Waals surface area contributed by atoms with Crippen LogP contribution in [-0.2, 0) is 12.0 Å². The fraction of sp³-hybridized carbons (Fsp3) is 0.250. The minimum atomic E-state index is -0.485. The highest BCUT2D eigenvalue weighted by molar-refractivity contribution is 5.41. The monoisotopic (exact) mass is 270 g/mol. The summed E-state index contributed by atoms with van der Waals surface area (Å²) in [5, 5.41) is 9.78. The highest BCUT2D eigenvalue weighted by Crippen LogP contribution is 2.36. The van der Waals surface area contributed by atoms with E-state index in [9.17, 15) is 5.26 Å². The molecule has 3 rings (SSSR count). The van der Waals surface area contributed by atoms with Gasteiger partial charge in [0.1, 0.15) is 6.54 Å². The maximum atomic E-state index is 9.78. The van der Waals surface area contributed by atoms with Gasteiger partial charge in [-0.25, -0.2) is 4.57 Å². The molecule has 1 aliphatic heterocycles. The maximum absolute atomic E-state index is 9.78. The predicted molar refractivity (Wildman–Crippen MR) is 68.7 cm³/mol. The highest BCUT2D eigenvalue weighted by Gasteiger charge is 2.44. The summed E-state index contributed by atoms with van der Waals surface area (Å²) in [6.45, 7) is 1.01. The Kier molecular flexibility index (Phi) is 3.87. The van der Waals surface area contributed by atoms with Gasteiger partial charge in [0.2, 0.25) is 5.69 Å². The van der Waals surface area contributed by atoms with Gasteiger partial charge in [0.05, 0.1) is 6.07 Å². The molecule has 0 radical (unpaired) electrons. The van der Waals surface area contributed by atoms with Gasteiger partial charge in [0.15, 0.2) is 11.6 Å². The summed E-state index contributed by atoms with van der Waals surface area (Å²) in [5.74, 6) is 0. The molecule has 1 aromatic carbocycles. The number of aryl methyl sites for hydroxylation is 1. The van der Waals surface area contributed by atoms with Crippen LogP contribution in [0.15, 0.2) is 54.7 Å². The van der Waals surface area contributed by atoms with Crippen molar-refractivity contribution in [3.8, 4) is 6.07 Å². The number of pyridine rings is 1. The molecular formula is C16H15ClN2. The Balaban J connectivity index is 0.00000133. The van der Waals surface area contributed by atoms with Gasteiger partial charge >= 0.3 is 0 Å². The van der Waals surface area contributed by atoms with Crippen LogP contribution in [0.5, 0.6) is 0 Å². The van der Waals surface area contributed by atoms with Crippen molar-refractivity contribution in [2.24, 2.45) is 0 Å². The third kappa shape index (κ3) is 2.11. The smallest absolute Gasteiger partial charge is 0.206 e. The fourth-order valence-electron chi connectivity index (χ4n) is 2.89. The third-order valence-electron chi connectivity index (χ3n) is 3.79. The number of hydrogen-bond donors (Lipinski definition) is 0. The second-order valence-electron chi connectivity index (χ2n) is 4.77. The van der Waals surface area contributed by atoms with Gasteiger partial charge in [-0.05, 0) is 12.0 Å². The molecule has 2 heterocycles. The lowest BCUT2D eigenvalue weighted by molar-refractivity contribution is -0.712. The van der Waals surface area contributed by atoms with E-state index >= 15 is 0 Å².